The van der Waals surface area contributed by atoms with Gasteiger partial charge < -0.3 is 11.1 Å². The lowest BCUT2D eigenvalue weighted by atomic mass is 9.96. The third-order valence-electron chi connectivity index (χ3n) is 2.74. The molecule has 2 heteroatoms. The lowest BCUT2D eigenvalue weighted by molar-refractivity contribution is 0.687. The molecule has 0 bridgehead atoms. The van der Waals surface area contributed by atoms with E-state index in [9.17, 15) is 0 Å². The van der Waals surface area contributed by atoms with Gasteiger partial charge in [-0.25, -0.2) is 0 Å². The lowest BCUT2D eigenvalue weighted by Crippen LogP contribution is -2.29. The van der Waals surface area contributed by atoms with Crippen molar-refractivity contribution < 1.29 is 0 Å². The summed E-state index contributed by atoms with van der Waals surface area (Å²) in [7, 11) is 0. The maximum absolute atomic E-state index is 5.97. The monoisotopic (exact) mass is 200 g/mol. The maximum atomic E-state index is 5.97. The number of dihydropyridines is 1. The zero-order valence-corrected chi connectivity index (χ0v) is 8.90. The summed E-state index contributed by atoms with van der Waals surface area (Å²) in [5.74, 6) is 0. The molecule has 0 saturated heterocycles. The Morgan fingerprint density at radius 2 is 2.00 bits per heavy atom. The van der Waals surface area contributed by atoms with Gasteiger partial charge in [0.05, 0.1) is 0 Å². The summed E-state index contributed by atoms with van der Waals surface area (Å²) >= 11 is 0. The predicted molar refractivity (Wildman–Crippen MR) is 63.1 cm³/mol. The highest BCUT2D eigenvalue weighted by Crippen LogP contribution is 2.16. The molecule has 1 heterocycles. The van der Waals surface area contributed by atoms with Gasteiger partial charge in [-0.3, -0.25) is 0 Å². The van der Waals surface area contributed by atoms with Gasteiger partial charge in [-0.2, -0.15) is 0 Å². The highest BCUT2D eigenvalue weighted by molar-refractivity contribution is 5.34. The van der Waals surface area contributed by atoms with Crippen LogP contribution in [0.4, 0.5) is 0 Å². The topological polar surface area (TPSA) is 38.0 Å². The Morgan fingerprint density at radius 3 is 2.67 bits per heavy atom. The van der Waals surface area contributed by atoms with Gasteiger partial charge in [0.25, 0.3) is 0 Å². The lowest BCUT2D eigenvalue weighted by Gasteiger charge is -2.22. The van der Waals surface area contributed by atoms with Gasteiger partial charge in [-0.05, 0) is 36.8 Å². The van der Waals surface area contributed by atoms with Crippen LogP contribution in [0.15, 0.2) is 53.9 Å². The molecule has 0 aromatic heterocycles. The summed E-state index contributed by atoms with van der Waals surface area (Å²) < 4.78 is 0. The molecule has 3 N–H and O–H groups in total. The molecule has 0 spiro atoms. The molecule has 15 heavy (non-hydrogen) atoms. The van der Waals surface area contributed by atoms with Gasteiger partial charge in [0.15, 0.2) is 0 Å². The Labute approximate surface area is 90.5 Å². The van der Waals surface area contributed by atoms with E-state index >= 15 is 0 Å². The van der Waals surface area contributed by atoms with Crippen molar-refractivity contribution in [2.45, 2.75) is 19.4 Å². The zero-order chi connectivity index (χ0) is 10.7. The van der Waals surface area contributed by atoms with Crippen LogP contribution in [0, 0.1) is 0 Å². The van der Waals surface area contributed by atoms with E-state index < -0.39 is 0 Å². The first kappa shape index (κ1) is 9.84. The van der Waals surface area contributed by atoms with Gasteiger partial charge >= 0.3 is 0 Å². The number of nitrogens with two attached hydrogens (primary N) is 1. The van der Waals surface area contributed by atoms with Gasteiger partial charge in [0.2, 0.25) is 0 Å². The molecule has 0 fully saturated rings. The Balaban J connectivity index is 2.21. The molecule has 78 valence electrons. The molecule has 1 atom stereocenters. The van der Waals surface area contributed by atoms with E-state index in [0.717, 1.165) is 12.1 Å². The molecule has 0 radical (unpaired) electrons. The van der Waals surface area contributed by atoms with Crippen molar-refractivity contribution in [3.05, 3.63) is 59.4 Å². The summed E-state index contributed by atoms with van der Waals surface area (Å²) in [4.78, 5) is 0. The van der Waals surface area contributed by atoms with Crippen LogP contribution in [0.2, 0.25) is 0 Å². The third-order valence-corrected chi connectivity index (χ3v) is 2.74. The highest BCUT2D eigenvalue weighted by Gasteiger charge is 2.13. The van der Waals surface area contributed by atoms with Crippen molar-refractivity contribution in [3.63, 3.8) is 0 Å². The second-order valence-corrected chi connectivity index (χ2v) is 3.86. The highest BCUT2D eigenvalue weighted by atomic mass is 14.9. The van der Waals surface area contributed by atoms with E-state index in [4.69, 9.17) is 5.73 Å². The molecular formula is C13H16N2. The molecule has 0 amide bonds. The minimum atomic E-state index is 0.329. The molecular weight excluding hydrogens is 184 g/mol. The quantitative estimate of drug-likeness (QED) is 0.765. The Morgan fingerprint density at radius 1 is 1.27 bits per heavy atom. The Hall–Kier alpha value is -1.70. The molecule has 1 aliphatic heterocycles. The molecule has 0 aliphatic carbocycles. The van der Waals surface area contributed by atoms with Crippen LogP contribution < -0.4 is 11.1 Å². The molecule has 1 unspecified atom stereocenters. The Bertz CT molecular complexity index is 390. The summed E-state index contributed by atoms with van der Waals surface area (Å²) in [6, 6.07) is 10.7. The third kappa shape index (κ3) is 2.21. The molecule has 0 saturated carbocycles. The minimum absolute atomic E-state index is 0.329. The van der Waals surface area contributed by atoms with Crippen LogP contribution in [-0.4, -0.2) is 6.04 Å². The van der Waals surface area contributed by atoms with Crippen LogP contribution in [0.3, 0.4) is 0 Å². The molecule has 1 aliphatic rings. The van der Waals surface area contributed by atoms with Crippen molar-refractivity contribution in [2.24, 2.45) is 5.73 Å². The van der Waals surface area contributed by atoms with E-state index in [1.807, 2.05) is 18.3 Å². The number of hydrogen-bond acceptors (Lipinski definition) is 2. The smallest absolute Gasteiger partial charge is 0.0466 e. The average molecular weight is 200 g/mol. The number of allylic oxidation sites excluding steroid dienone is 1. The summed E-state index contributed by atoms with van der Waals surface area (Å²) in [6.07, 6.45) is 4.76. The summed E-state index contributed by atoms with van der Waals surface area (Å²) in [5, 5.41) is 3.26. The number of nitrogens with one attached hydrogen (secondary N) is 1. The van der Waals surface area contributed by atoms with Crippen LogP contribution >= 0.6 is 0 Å². The van der Waals surface area contributed by atoms with Crippen LogP contribution in [0.25, 0.3) is 0 Å². The standard InChI is InChI=1S/C13H16N2/c1-10-12(13(14)7-8-15-10)9-11-5-3-2-4-6-11/h2-8,10,15H,9,14H2,1H3. The van der Waals surface area contributed by atoms with Gasteiger partial charge in [-0.15, -0.1) is 0 Å². The van der Waals surface area contributed by atoms with Crippen molar-refractivity contribution in [3.8, 4) is 0 Å². The van der Waals surface area contributed by atoms with E-state index in [1.165, 1.54) is 11.1 Å². The van der Waals surface area contributed by atoms with Crippen molar-refractivity contribution in [1.82, 2.24) is 5.32 Å². The summed E-state index contributed by atoms with van der Waals surface area (Å²) in [6.45, 7) is 2.13. The van der Waals surface area contributed by atoms with E-state index in [0.29, 0.717) is 6.04 Å². The second kappa shape index (κ2) is 4.22. The number of benzene rings is 1. The van der Waals surface area contributed by atoms with Crippen LogP contribution in [-0.2, 0) is 6.42 Å². The largest absolute Gasteiger partial charge is 0.399 e. The first-order valence-electron chi connectivity index (χ1n) is 5.22. The van der Waals surface area contributed by atoms with E-state index in [-0.39, 0.29) is 0 Å². The number of rotatable bonds is 2. The van der Waals surface area contributed by atoms with Gasteiger partial charge in [0.1, 0.15) is 0 Å². The first-order chi connectivity index (χ1) is 7.27. The number of hydrogen-bond donors (Lipinski definition) is 2. The summed E-state index contributed by atoms with van der Waals surface area (Å²) in [5.41, 5.74) is 9.44. The fourth-order valence-electron chi connectivity index (χ4n) is 1.81. The average Bonchev–Trinajstić information content (AvgIpc) is 2.25. The van der Waals surface area contributed by atoms with Gasteiger partial charge in [-0.1, -0.05) is 30.3 Å². The molecule has 1 aromatic rings. The minimum Gasteiger partial charge on any atom is -0.399 e. The Kier molecular flexibility index (Phi) is 2.77. The molecule has 1 aromatic carbocycles. The van der Waals surface area contributed by atoms with Gasteiger partial charge in [0, 0.05) is 11.7 Å². The van der Waals surface area contributed by atoms with E-state index in [2.05, 4.69) is 36.5 Å². The van der Waals surface area contributed by atoms with E-state index in [1.54, 1.807) is 0 Å². The molecule has 2 nitrogen and oxygen atoms in total. The van der Waals surface area contributed by atoms with Crippen LogP contribution in [0.5, 0.6) is 0 Å². The fourth-order valence-corrected chi connectivity index (χ4v) is 1.81. The molecule has 2 rings (SSSR count). The maximum Gasteiger partial charge on any atom is 0.0466 e. The SMILES string of the molecule is CC1NC=CC(N)=C1Cc1ccccc1. The normalized spacial score (nSPS) is 20.2. The second-order valence-electron chi connectivity index (χ2n) is 3.86. The predicted octanol–water partition coefficient (Wildman–Crippen LogP) is 1.95. The fraction of sp³-hybridized carbons (Fsp3) is 0.231. The van der Waals surface area contributed by atoms with Crippen molar-refractivity contribution >= 4 is 0 Å². The van der Waals surface area contributed by atoms with Crippen LogP contribution in [0.1, 0.15) is 12.5 Å². The first-order valence-corrected chi connectivity index (χ1v) is 5.22. The van der Waals surface area contributed by atoms with Crippen molar-refractivity contribution in [1.29, 1.82) is 0 Å². The zero-order valence-electron chi connectivity index (χ0n) is 8.90. The van der Waals surface area contributed by atoms with Crippen molar-refractivity contribution in [2.75, 3.05) is 0 Å².